The zero-order valence-electron chi connectivity index (χ0n) is 28.3. The van der Waals surface area contributed by atoms with Crippen molar-refractivity contribution in [3.05, 3.63) is 36.4 Å². The quantitative estimate of drug-likeness (QED) is 0.154. The zero-order chi connectivity index (χ0) is 33.0. The van der Waals surface area contributed by atoms with Crippen LogP contribution in [-0.4, -0.2) is 61.0 Å². The van der Waals surface area contributed by atoms with Gasteiger partial charge >= 0.3 is 5.97 Å². The first-order valence-electron chi connectivity index (χ1n) is 16.4. The number of anilines is 1. The van der Waals surface area contributed by atoms with Crippen LogP contribution in [-0.2, 0) is 14.3 Å². The minimum Gasteiger partial charge on any atom is -0.460 e. The van der Waals surface area contributed by atoms with E-state index in [1.54, 1.807) is 40.6 Å². The summed E-state index contributed by atoms with van der Waals surface area (Å²) in [5.41, 5.74) is 3.86. The highest BCUT2D eigenvalue weighted by atomic mass is 32.1. The molecule has 248 valence electrons. The highest BCUT2D eigenvalue weighted by Gasteiger charge is 2.35. The van der Waals surface area contributed by atoms with Gasteiger partial charge in [-0.15, -0.1) is 0 Å². The van der Waals surface area contributed by atoms with E-state index in [1.165, 1.54) is 32.6 Å². The van der Waals surface area contributed by atoms with E-state index in [9.17, 15) is 4.79 Å². The average Bonchev–Trinajstić information content (AvgIpc) is 3.33. The highest BCUT2D eigenvalue weighted by Crippen LogP contribution is 2.45. The molecule has 4 atom stereocenters. The first kappa shape index (κ1) is 34.1. The number of carbonyl (C=O) groups excluding carboxylic acids is 1. The standard InChI is InChI=1S/C26H29N7OS2.C6H12O2.C2H6/c1-15-7-16-9-17(16)10-19(8-15)32(2)26-31-25-24(36-26)30-23(35-25)21-13-27-20(12-28-21)18-11-29-33(14-18)22-5-3-4-6-34-22;1-5(7)8-6(2,3)4;1-2/h9,11-15,17,19,22H,3-8,10H2,1-2H3;1-4H3;1-2H3/t15-,17+,19-,22?;;/m1../s1. The molecule has 2 aliphatic carbocycles. The lowest BCUT2D eigenvalue weighted by atomic mass is 9.98. The molecule has 0 amide bonds. The topological polar surface area (TPSA) is 108 Å². The van der Waals surface area contributed by atoms with Gasteiger partial charge in [0.15, 0.2) is 14.8 Å². The van der Waals surface area contributed by atoms with Crippen molar-refractivity contribution in [1.29, 1.82) is 0 Å². The Kier molecular flexibility index (Phi) is 10.9. The Morgan fingerprint density at radius 2 is 1.78 bits per heavy atom. The second-order valence-electron chi connectivity index (χ2n) is 13.0. The molecule has 0 bridgehead atoms. The average molecular weight is 666 g/mol. The van der Waals surface area contributed by atoms with Crippen LogP contribution in [0.3, 0.4) is 0 Å². The number of allylic oxidation sites excluding steroid dienone is 2. The zero-order valence-corrected chi connectivity index (χ0v) is 30.0. The predicted octanol–water partition coefficient (Wildman–Crippen LogP) is 8.33. The Balaban J connectivity index is 0.000000367. The first-order valence-corrected chi connectivity index (χ1v) is 18.0. The first-order chi connectivity index (χ1) is 22.0. The SMILES string of the molecule is CC.CC(=O)OC(C)(C)C.C[C@@H]1CC2=C[C@H]2C[C@H](N(C)c2nc3sc(-c4cnc(-c5cnn(C6CCCCO6)c5)cn4)nc3s2)C1. The normalized spacial score (nSPS) is 22.3. The van der Waals surface area contributed by atoms with Gasteiger partial charge in [0.05, 0.1) is 24.3 Å². The van der Waals surface area contributed by atoms with Crippen LogP contribution in [0, 0.1) is 11.8 Å². The largest absolute Gasteiger partial charge is 0.460 e. The number of nitrogens with zero attached hydrogens (tertiary/aromatic N) is 7. The molecule has 4 aromatic heterocycles. The van der Waals surface area contributed by atoms with Crippen LogP contribution in [0.15, 0.2) is 36.4 Å². The minimum atomic E-state index is -0.328. The Morgan fingerprint density at radius 1 is 1.04 bits per heavy atom. The lowest BCUT2D eigenvalue weighted by Crippen LogP contribution is -2.32. The van der Waals surface area contributed by atoms with E-state index in [0.717, 1.165) is 68.0 Å². The number of ether oxygens (including phenoxy) is 2. The second kappa shape index (κ2) is 14.7. The van der Waals surface area contributed by atoms with Gasteiger partial charge in [0.2, 0.25) is 0 Å². The van der Waals surface area contributed by atoms with Crippen molar-refractivity contribution in [2.24, 2.45) is 11.8 Å². The van der Waals surface area contributed by atoms with Crippen LogP contribution < -0.4 is 4.90 Å². The summed E-state index contributed by atoms with van der Waals surface area (Å²) in [5, 5.41) is 6.42. The number of carbonyl (C=O) groups is 1. The van der Waals surface area contributed by atoms with E-state index in [0.29, 0.717) is 6.04 Å². The summed E-state index contributed by atoms with van der Waals surface area (Å²) < 4.78 is 12.5. The summed E-state index contributed by atoms with van der Waals surface area (Å²) in [4.78, 5) is 33.7. The summed E-state index contributed by atoms with van der Waals surface area (Å²) in [6.07, 6.45) is 16.9. The van der Waals surface area contributed by atoms with Crippen molar-refractivity contribution in [2.45, 2.75) is 105 Å². The van der Waals surface area contributed by atoms with Crippen molar-refractivity contribution >= 4 is 43.4 Å². The summed E-state index contributed by atoms with van der Waals surface area (Å²) in [6.45, 7) is 14.1. The molecule has 10 nitrogen and oxygen atoms in total. The van der Waals surface area contributed by atoms with Crippen LogP contribution in [0.4, 0.5) is 5.13 Å². The molecule has 3 aliphatic rings. The molecular formula is C34H47N7O3S2. The van der Waals surface area contributed by atoms with E-state index in [-0.39, 0.29) is 17.8 Å². The van der Waals surface area contributed by atoms with E-state index in [4.69, 9.17) is 19.4 Å². The maximum absolute atomic E-state index is 10.2. The fourth-order valence-electron chi connectivity index (χ4n) is 5.93. The van der Waals surface area contributed by atoms with Crippen LogP contribution in [0.25, 0.3) is 31.6 Å². The Morgan fingerprint density at radius 3 is 2.41 bits per heavy atom. The summed E-state index contributed by atoms with van der Waals surface area (Å²) in [6, 6.07) is 0.536. The number of thiazole rings is 2. The van der Waals surface area contributed by atoms with Gasteiger partial charge in [-0.3, -0.25) is 9.78 Å². The summed E-state index contributed by atoms with van der Waals surface area (Å²) >= 11 is 3.27. The maximum atomic E-state index is 10.2. The predicted molar refractivity (Wildman–Crippen MR) is 186 cm³/mol. The number of hydrogen-bond acceptors (Lipinski definition) is 11. The highest BCUT2D eigenvalue weighted by molar-refractivity contribution is 7.29. The maximum Gasteiger partial charge on any atom is 0.303 e. The third kappa shape index (κ3) is 8.57. The molecule has 2 fully saturated rings. The minimum absolute atomic E-state index is 0.0215. The van der Waals surface area contributed by atoms with Gasteiger partial charge in [-0.2, -0.15) is 5.10 Å². The van der Waals surface area contributed by atoms with Crippen molar-refractivity contribution < 1.29 is 14.3 Å². The molecule has 1 saturated heterocycles. The van der Waals surface area contributed by atoms with Crippen LogP contribution in [0.1, 0.15) is 93.2 Å². The molecule has 1 aliphatic heterocycles. The summed E-state index contributed by atoms with van der Waals surface area (Å²) in [7, 11) is 2.20. The molecule has 4 aromatic rings. The number of rotatable bonds is 5. The number of fused-ring (bicyclic) bond motifs is 2. The van der Waals surface area contributed by atoms with Crippen LogP contribution >= 0.6 is 22.7 Å². The molecule has 0 aromatic carbocycles. The molecule has 1 saturated carbocycles. The molecule has 0 spiro atoms. The van der Waals surface area contributed by atoms with Crippen LogP contribution in [0.2, 0.25) is 0 Å². The molecule has 12 heteroatoms. The Bertz CT molecular complexity index is 1600. The van der Waals surface area contributed by atoms with Gasteiger partial charge in [-0.05, 0) is 71.1 Å². The van der Waals surface area contributed by atoms with Crippen molar-refractivity contribution in [3.63, 3.8) is 0 Å². The fraction of sp³-hybridized carbons (Fsp3) is 0.588. The number of hydrogen-bond donors (Lipinski definition) is 0. The lowest BCUT2D eigenvalue weighted by molar-refractivity contribution is -0.151. The molecular weight excluding hydrogens is 619 g/mol. The van der Waals surface area contributed by atoms with Crippen molar-refractivity contribution in [2.75, 3.05) is 18.6 Å². The molecule has 5 heterocycles. The second-order valence-corrected chi connectivity index (χ2v) is 15.0. The van der Waals surface area contributed by atoms with Gasteiger partial charge in [0, 0.05) is 38.4 Å². The number of aromatic nitrogens is 6. The van der Waals surface area contributed by atoms with Crippen molar-refractivity contribution in [3.8, 4) is 22.0 Å². The third-order valence-corrected chi connectivity index (χ3v) is 10.2. The number of esters is 1. The van der Waals surface area contributed by atoms with Crippen molar-refractivity contribution in [1.82, 2.24) is 29.7 Å². The fourth-order valence-corrected chi connectivity index (χ4v) is 7.97. The van der Waals surface area contributed by atoms with Crippen LogP contribution in [0.5, 0.6) is 0 Å². The van der Waals surface area contributed by atoms with Gasteiger partial charge in [0.1, 0.15) is 22.5 Å². The van der Waals surface area contributed by atoms with Gasteiger partial charge in [-0.1, -0.05) is 55.1 Å². The molecule has 1 unspecified atom stereocenters. The molecule has 0 N–H and O–H groups in total. The van der Waals surface area contributed by atoms with Gasteiger partial charge in [0.25, 0.3) is 0 Å². The monoisotopic (exact) mass is 665 g/mol. The molecule has 0 radical (unpaired) electrons. The van der Waals surface area contributed by atoms with Gasteiger partial charge in [-0.25, -0.2) is 19.6 Å². The summed E-state index contributed by atoms with van der Waals surface area (Å²) in [5.74, 6) is 1.24. The third-order valence-electron chi connectivity index (χ3n) is 8.05. The lowest BCUT2D eigenvalue weighted by Gasteiger charge is -2.28. The van der Waals surface area contributed by atoms with E-state index >= 15 is 0 Å². The Labute approximate surface area is 280 Å². The smallest absolute Gasteiger partial charge is 0.303 e. The molecule has 7 rings (SSSR count). The molecule has 46 heavy (non-hydrogen) atoms. The van der Waals surface area contributed by atoms with E-state index in [1.807, 2.05) is 51.7 Å². The van der Waals surface area contributed by atoms with E-state index in [2.05, 4.69) is 40.0 Å². The van der Waals surface area contributed by atoms with E-state index < -0.39 is 0 Å². The Hall–Kier alpha value is -3.22. The van der Waals surface area contributed by atoms with Gasteiger partial charge < -0.3 is 14.4 Å².